The molecule has 2 aliphatic rings. The molecule has 1 aromatic carbocycles. The van der Waals surface area contributed by atoms with Crippen molar-refractivity contribution in [3.8, 4) is 0 Å². The molecule has 1 amide bonds. The highest BCUT2D eigenvalue weighted by atomic mass is 32.2. The third-order valence-electron chi connectivity index (χ3n) is 6.03. The average molecular weight is 394 g/mol. The average Bonchev–Trinajstić information content (AvgIpc) is 2.68. The standard InChI is InChI=1S/C20H31N3O3S/c1-16-7-9-18(10-8-16)22(3)20(24)17-5-4-6-19(15-17)27(25,26)23-13-11-21(2)12-14-23/h4-6,15-16,18H,7-14H2,1-3H3. The van der Waals surface area contributed by atoms with Crippen molar-refractivity contribution in [1.29, 1.82) is 0 Å². The summed E-state index contributed by atoms with van der Waals surface area (Å²) in [6.45, 7) is 4.67. The van der Waals surface area contributed by atoms with Gasteiger partial charge in [0.1, 0.15) is 0 Å². The van der Waals surface area contributed by atoms with Crippen LogP contribution < -0.4 is 0 Å². The van der Waals surface area contributed by atoms with Crippen LogP contribution in [0.4, 0.5) is 0 Å². The highest BCUT2D eigenvalue weighted by molar-refractivity contribution is 7.89. The SMILES string of the molecule is CC1CCC(N(C)C(=O)c2cccc(S(=O)(=O)N3CCN(C)CC3)c2)CC1. The van der Waals surface area contributed by atoms with Crippen molar-refractivity contribution >= 4 is 15.9 Å². The first-order chi connectivity index (χ1) is 12.8. The first-order valence-electron chi connectivity index (χ1n) is 9.85. The summed E-state index contributed by atoms with van der Waals surface area (Å²) < 4.78 is 27.4. The van der Waals surface area contributed by atoms with Crippen molar-refractivity contribution in [2.45, 2.75) is 43.5 Å². The van der Waals surface area contributed by atoms with Gasteiger partial charge in [-0.2, -0.15) is 4.31 Å². The summed E-state index contributed by atoms with van der Waals surface area (Å²) in [5.41, 5.74) is 0.450. The molecule has 0 spiro atoms. The van der Waals surface area contributed by atoms with Gasteiger partial charge in [-0.1, -0.05) is 13.0 Å². The van der Waals surface area contributed by atoms with E-state index in [0.29, 0.717) is 18.7 Å². The highest BCUT2D eigenvalue weighted by Gasteiger charge is 2.29. The van der Waals surface area contributed by atoms with E-state index in [9.17, 15) is 13.2 Å². The second-order valence-corrected chi connectivity index (χ2v) is 10.0. The Morgan fingerprint density at radius 1 is 1.07 bits per heavy atom. The van der Waals surface area contributed by atoms with Gasteiger partial charge in [0.15, 0.2) is 0 Å². The number of piperazine rings is 1. The first-order valence-corrected chi connectivity index (χ1v) is 11.3. The van der Waals surface area contributed by atoms with Gasteiger partial charge in [0.05, 0.1) is 4.90 Å². The van der Waals surface area contributed by atoms with E-state index in [2.05, 4.69) is 11.8 Å². The summed E-state index contributed by atoms with van der Waals surface area (Å²) in [5.74, 6) is 0.631. The van der Waals surface area contributed by atoms with Crippen molar-refractivity contribution in [2.75, 3.05) is 40.3 Å². The van der Waals surface area contributed by atoms with E-state index in [-0.39, 0.29) is 16.8 Å². The number of benzene rings is 1. The normalized spacial score (nSPS) is 25.3. The molecule has 0 bridgehead atoms. The second kappa shape index (κ2) is 8.29. The highest BCUT2D eigenvalue weighted by Crippen LogP contribution is 2.27. The van der Waals surface area contributed by atoms with Crippen LogP contribution in [0.1, 0.15) is 43.0 Å². The molecule has 6 nitrogen and oxygen atoms in total. The van der Waals surface area contributed by atoms with Crippen molar-refractivity contribution in [2.24, 2.45) is 5.92 Å². The fourth-order valence-electron chi connectivity index (χ4n) is 3.97. The topological polar surface area (TPSA) is 60.9 Å². The van der Waals surface area contributed by atoms with Gasteiger partial charge < -0.3 is 9.80 Å². The molecule has 0 unspecified atom stereocenters. The van der Waals surface area contributed by atoms with Gasteiger partial charge >= 0.3 is 0 Å². The quantitative estimate of drug-likeness (QED) is 0.787. The largest absolute Gasteiger partial charge is 0.339 e. The summed E-state index contributed by atoms with van der Waals surface area (Å²) in [6, 6.07) is 6.76. The lowest BCUT2D eigenvalue weighted by atomic mass is 9.86. The Labute approximate surface area is 163 Å². The molecule has 1 saturated heterocycles. The predicted octanol–water partition coefficient (Wildman–Crippen LogP) is 2.27. The van der Waals surface area contributed by atoms with Crippen molar-refractivity contribution in [3.05, 3.63) is 29.8 Å². The van der Waals surface area contributed by atoms with Gasteiger partial charge in [0.25, 0.3) is 5.91 Å². The van der Waals surface area contributed by atoms with Crippen molar-refractivity contribution < 1.29 is 13.2 Å². The van der Waals surface area contributed by atoms with Gasteiger partial charge in [-0.05, 0) is 56.8 Å². The zero-order valence-electron chi connectivity index (χ0n) is 16.6. The maximum atomic E-state index is 13.0. The number of rotatable bonds is 4. The van der Waals surface area contributed by atoms with Gasteiger partial charge in [0, 0.05) is 44.8 Å². The van der Waals surface area contributed by atoms with E-state index in [1.165, 1.54) is 10.4 Å². The Hall–Kier alpha value is -1.44. The van der Waals surface area contributed by atoms with Gasteiger partial charge in [0.2, 0.25) is 10.0 Å². The third-order valence-corrected chi connectivity index (χ3v) is 7.93. The maximum absolute atomic E-state index is 13.0. The van der Waals surface area contributed by atoms with Gasteiger partial charge in [-0.3, -0.25) is 4.79 Å². The summed E-state index contributed by atoms with van der Waals surface area (Å²) in [6.07, 6.45) is 4.31. The van der Waals surface area contributed by atoms with Crippen LogP contribution in [0.15, 0.2) is 29.2 Å². The summed E-state index contributed by atoms with van der Waals surface area (Å²) in [4.78, 5) is 17.1. The number of hydrogen-bond acceptors (Lipinski definition) is 4. The molecule has 1 aliphatic carbocycles. The molecule has 0 aromatic heterocycles. The predicted molar refractivity (Wildman–Crippen MR) is 106 cm³/mol. The molecule has 7 heteroatoms. The zero-order chi connectivity index (χ0) is 19.6. The Morgan fingerprint density at radius 3 is 2.33 bits per heavy atom. The first kappa shape index (κ1) is 20.3. The molecule has 1 aliphatic heterocycles. The number of likely N-dealkylation sites (N-methyl/N-ethyl adjacent to an activating group) is 1. The molecule has 0 radical (unpaired) electrons. The lowest BCUT2D eigenvalue weighted by Gasteiger charge is -2.34. The minimum atomic E-state index is -3.56. The zero-order valence-corrected chi connectivity index (χ0v) is 17.4. The summed E-state index contributed by atoms with van der Waals surface area (Å²) in [7, 11) is 0.266. The smallest absolute Gasteiger partial charge is 0.253 e. The van der Waals surface area contributed by atoms with E-state index in [1.54, 1.807) is 23.1 Å². The molecule has 0 N–H and O–H groups in total. The van der Waals surface area contributed by atoms with E-state index >= 15 is 0 Å². The third kappa shape index (κ3) is 4.52. The molecule has 2 fully saturated rings. The molecule has 27 heavy (non-hydrogen) atoms. The molecular weight excluding hydrogens is 362 g/mol. The second-order valence-electron chi connectivity index (χ2n) is 8.06. The summed E-state index contributed by atoms with van der Waals surface area (Å²) in [5, 5.41) is 0. The van der Waals surface area contributed by atoms with Crippen LogP contribution in [0.5, 0.6) is 0 Å². The van der Waals surface area contributed by atoms with Crippen molar-refractivity contribution in [3.63, 3.8) is 0 Å². The monoisotopic (exact) mass is 393 g/mol. The van der Waals surface area contributed by atoms with Crippen LogP contribution in [0, 0.1) is 5.92 Å². The Balaban J connectivity index is 1.75. The van der Waals surface area contributed by atoms with E-state index in [1.807, 2.05) is 14.1 Å². The molecule has 1 aromatic rings. The maximum Gasteiger partial charge on any atom is 0.253 e. The van der Waals surface area contributed by atoms with Crippen LogP contribution in [0.2, 0.25) is 0 Å². The lowest BCUT2D eigenvalue weighted by Crippen LogP contribution is -2.47. The molecule has 3 rings (SSSR count). The van der Waals surface area contributed by atoms with Crippen LogP contribution >= 0.6 is 0 Å². The molecule has 150 valence electrons. The molecule has 1 saturated carbocycles. The number of hydrogen-bond donors (Lipinski definition) is 0. The van der Waals surface area contributed by atoms with Gasteiger partial charge in [-0.15, -0.1) is 0 Å². The fourth-order valence-corrected chi connectivity index (χ4v) is 5.43. The Kier molecular flexibility index (Phi) is 6.23. The van der Waals surface area contributed by atoms with E-state index in [0.717, 1.165) is 44.7 Å². The number of sulfonamides is 1. The van der Waals surface area contributed by atoms with E-state index < -0.39 is 10.0 Å². The summed E-state index contributed by atoms with van der Waals surface area (Å²) >= 11 is 0. The van der Waals surface area contributed by atoms with Gasteiger partial charge in [-0.25, -0.2) is 8.42 Å². The number of carbonyl (C=O) groups excluding carboxylic acids is 1. The lowest BCUT2D eigenvalue weighted by molar-refractivity contribution is 0.0679. The van der Waals surface area contributed by atoms with Crippen LogP contribution in [-0.4, -0.2) is 74.7 Å². The minimum Gasteiger partial charge on any atom is -0.339 e. The number of nitrogens with zero attached hydrogens (tertiary/aromatic N) is 3. The number of carbonyl (C=O) groups is 1. The Bertz CT molecular complexity index is 764. The van der Waals surface area contributed by atoms with E-state index in [4.69, 9.17) is 0 Å². The molecule has 1 heterocycles. The van der Waals surface area contributed by atoms with Crippen LogP contribution in [0.25, 0.3) is 0 Å². The number of amides is 1. The van der Waals surface area contributed by atoms with Crippen LogP contribution in [-0.2, 0) is 10.0 Å². The Morgan fingerprint density at radius 2 is 1.70 bits per heavy atom. The minimum absolute atomic E-state index is 0.0926. The van der Waals surface area contributed by atoms with Crippen molar-refractivity contribution in [1.82, 2.24) is 14.1 Å². The fraction of sp³-hybridized carbons (Fsp3) is 0.650. The molecule has 0 atom stereocenters. The molecular formula is C20H31N3O3S. The van der Waals surface area contributed by atoms with Crippen LogP contribution in [0.3, 0.4) is 0 Å².